The lowest BCUT2D eigenvalue weighted by atomic mass is 10.1. The van der Waals surface area contributed by atoms with Gasteiger partial charge in [-0.2, -0.15) is 11.8 Å². The van der Waals surface area contributed by atoms with E-state index in [1.165, 1.54) is 5.56 Å². The molecule has 3 N–H and O–H groups in total. The van der Waals surface area contributed by atoms with Crippen molar-refractivity contribution in [3.8, 4) is 0 Å². The number of hydrogen-bond acceptors (Lipinski definition) is 3. The van der Waals surface area contributed by atoms with Crippen LogP contribution in [-0.2, 0) is 28.2 Å². The summed E-state index contributed by atoms with van der Waals surface area (Å²) in [4.78, 5) is 26.4. The standard InChI is InChI=1S/C22H24N2O3S/c1-2-16-6-4-8-19-17(13-23-22(16)19)12-20(25)24-18-7-3-5-15(11-18)14-28-10-9-21(26)27/h3-8,11,13,23H,2,9-10,12,14H2,1H3,(H,24,25)(H,26,27). The molecule has 0 radical (unpaired) electrons. The fourth-order valence-electron chi connectivity index (χ4n) is 3.18. The average Bonchev–Trinajstić information content (AvgIpc) is 3.08. The molecule has 1 amide bonds. The average molecular weight is 397 g/mol. The Morgan fingerprint density at radius 2 is 1.96 bits per heavy atom. The maximum atomic E-state index is 12.5. The molecular weight excluding hydrogens is 372 g/mol. The molecule has 1 aromatic heterocycles. The highest BCUT2D eigenvalue weighted by molar-refractivity contribution is 7.98. The van der Waals surface area contributed by atoms with Crippen LogP contribution in [-0.4, -0.2) is 27.7 Å². The van der Waals surface area contributed by atoms with Crippen LogP contribution in [0.1, 0.15) is 30.0 Å². The van der Waals surface area contributed by atoms with E-state index in [0.717, 1.165) is 39.9 Å². The number of aliphatic carboxylic acids is 1. The van der Waals surface area contributed by atoms with E-state index in [-0.39, 0.29) is 12.3 Å². The number of aryl methyl sites for hydroxylation is 1. The monoisotopic (exact) mass is 396 g/mol. The largest absolute Gasteiger partial charge is 0.481 e. The SMILES string of the molecule is CCc1cccc2c(CC(=O)Nc3cccc(CSCCC(=O)O)c3)c[nH]c12. The molecule has 0 saturated carbocycles. The van der Waals surface area contributed by atoms with Gasteiger partial charge in [0.2, 0.25) is 5.91 Å². The van der Waals surface area contributed by atoms with Crippen molar-refractivity contribution in [3.63, 3.8) is 0 Å². The van der Waals surface area contributed by atoms with E-state index in [4.69, 9.17) is 5.11 Å². The summed E-state index contributed by atoms with van der Waals surface area (Å²) in [6.07, 6.45) is 3.33. The number of anilines is 1. The summed E-state index contributed by atoms with van der Waals surface area (Å²) in [5, 5.41) is 12.8. The molecule has 0 bridgehead atoms. The maximum absolute atomic E-state index is 12.5. The van der Waals surface area contributed by atoms with Gasteiger partial charge in [-0.15, -0.1) is 0 Å². The van der Waals surface area contributed by atoms with Crippen molar-refractivity contribution in [3.05, 3.63) is 65.4 Å². The van der Waals surface area contributed by atoms with Gasteiger partial charge in [0, 0.05) is 34.3 Å². The zero-order chi connectivity index (χ0) is 19.9. The van der Waals surface area contributed by atoms with Gasteiger partial charge in [-0.05, 0) is 35.2 Å². The lowest BCUT2D eigenvalue weighted by Crippen LogP contribution is -2.14. The van der Waals surface area contributed by atoms with Crippen LogP contribution < -0.4 is 5.32 Å². The number of carboxylic acids is 1. The van der Waals surface area contributed by atoms with E-state index in [1.54, 1.807) is 11.8 Å². The van der Waals surface area contributed by atoms with Crippen molar-refractivity contribution in [2.75, 3.05) is 11.1 Å². The van der Waals surface area contributed by atoms with Crippen LogP contribution in [0.4, 0.5) is 5.69 Å². The molecule has 0 aliphatic heterocycles. The molecule has 0 aliphatic rings. The number of nitrogens with one attached hydrogen (secondary N) is 2. The van der Waals surface area contributed by atoms with Gasteiger partial charge in [0.15, 0.2) is 0 Å². The maximum Gasteiger partial charge on any atom is 0.304 e. The molecule has 3 aromatic rings. The van der Waals surface area contributed by atoms with Crippen LogP contribution in [0.5, 0.6) is 0 Å². The summed E-state index contributed by atoms with van der Waals surface area (Å²) in [5.74, 6) is 0.459. The Balaban J connectivity index is 1.61. The molecule has 0 aliphatic carbocycles. The Morgan fingerprint density at radius 1 is 1.14 bits per heavy atom. The van der Waals surface area contributed by atoms with E-state index < -0.39 is 5.97 Å². The summed E-state index contributed by atoms with van der Waals surface area (Å²) in [7, 11) is 0. The van der Waals surface area contributed by atoms with Crippen LogP contribution in [0.2, 0.25) is 0 Å². The molecule has 3 rings (SSSR count). The van der Waals surface area contributed by atoms with E-state index in [0.29, 0.717) is 12.2 Å². The van der Waals surface area contributed by atoms with Gasteiger partial charge in [0.1, 0.15) is 0 Å². The molecule has 146 valence electrons. The minimum absolute atomic E-state index is 0.0570. The number of fused-ring (bicyclic) bond motifs is 1. The number of benzene rings is 2. The van der Waals surface area contributed by atoms with E-state index >= 15 is 0 Å². The third-order valence-electron chi connectivity index (χ3n) is 4.56. The summed E-state index contributed by atoms with van der Waals surface area (Å²) < 4.78 is 0. The van der Waals surface area contributed by atoms with Crippen LogP contribution in [0.15, 0.2) is 48.7 Å². The van der Waals surface area contributed by atoms with E-state index in [1.807, 2.05) is 42.6 Å². The molecule has 0 saturated heterocycles. The molecular formula is C22H24N2O3S. The van der Waals surface area contributed by atoms with Gasteiger partial charge >= 0.3 is 5.97 Å². The lowest BCUT2D eigenvalue weighted by molar-refractivity contribution is -0.136. The number of para-hydroxylation sites is 1. The van der Waals surface area contributed by atoms with Crippen LogP contribution in [0.25, 0.3) is 10.9 Å². The molecule has 0 unspecified atom stereocenters. The first-order valence-electron chi connectivity index (χ1n) is 9.33. The molecule has 6 heteroatoms. The number of carboxylic acid groups (broad SMARTS) is 1. The minimum Gasteiger partial charge on any atom is -0.481 e. The Morgan fingerprint density at radius 3 is 2.75 bits per heavy atom. The van der Waals surface area contributed by atoms with Crippen LogP contribution >= 0.6 is 11.8 Å². The Hall–Kier alpha value is -2.73. The van der Waals surface area contributed by atoms with Crippen molar-refractivity contribution in [2.45, 2.75) is 31.9 Å². The third kappa shape index (κ3) is 5.16. The van der Waals surface area contributed by atoms with Crippen molar-refractivity contribution >= 4 is 40.2 Å². The van der Waals surface area contributed by atoms with Gasteiger partial charge in [-0.1, -0.05) is 37.3 Å². The summed E-state index contributed by atoms with van der Waals surface area (Å²) in [5.41, 5.74) is 5.16. The Bertz CT molecular complexity index is 981. The fraction of sp³-hybridized carbons (Fsp3) is 0.273. The van der Waals surface area contributed by atoms with Gasteiger partial charge in [0.25, 0.3) is 0 Å². The van der Waals surface area contributed by atoms with Crippen LogP contribution in [0, 0.1) is 0 Å². The first-order valence-corrected chi connectivity index (χ1v) is 10.5. The normalized spacial score (nSPS) is 10.9. The number of hydrogen-bond donors (Lipinski definition) is 3. The molecule has 1 heterocycles. The van der Waals surface area contributed by atoms with Crippen molar-refractivity contribution in [1.82, 2.24) is 4.98 Å². The number of thioether (sulfide) groups is 1. The number of carbonyl (C=O) groups is 2. The second-order valence-electron chi connectivity index (χ2n) is 6.63. The van der Waals surface area contributed by atoms with Crippen molar-refractivity contribution < 1.29 is 14.7 Å². The molecule has 0 atom stereocenters. The molecule has 2 aromatic carbocycles. The predicted molar refractivity (Wildman–Crippen MR) is 115 cm³/mol. The van der Waals surface area contributed by atoms with Gasteiger partial charge in [-0.25, -0.2) is 0 Å². The number of rotatable bonds is 9. The van der Waals surface area contributed by atoms with E-state index in [2.05, 4.69) is 23.3 Å². The van der Waals surface area contributed by atoms with Gasteiger partial charge in [0.05, 0.1) is 12.8 Å². The first-order chi connectivity index (χ1) is 13.6. The fourth-order valence-corrected chi connectivity index (χ4v) is 4.06. The topological polar surface area (TPSA) is 82.2 Å². The first kappa shape index (κ1) is 20.0. The molecule has 0 fully saturated rings. The molecule has 5 nitrogen and oxygen atoms in total. The second kappa shape index (κ2) is 9.46. The highest BCUT2D eigenvalue weighted by Crippen LogP contribution is 2.23. The van der Waals surface area contributed by atoms with Crippen molar-refractivity contribution in [2.24, 2.45) is 0 Å². The molecule has 0 spiro atoms. The van der Waals surface area contributed by atoms with E-state index in [9.17, 15) is 9.59 Å². The van der Waals surface area contributed by atoms with Gasteiger partial charge in [-0.3, -0.25) is 9.59 Å². The zero-order valence-electron chi connectivity index (χ0n) is 15.8. The highest BCUT2D eigenvalue weighted by atomic mass is 32.2. The second-order valence-corrected chi connectivity index (χ2v) is 7.73. The third-order valence-corrected chi connectivity index (χ3v) is 5.59. The Labute approximate surface area is 168 Å². The summed E-state index contributed by atoms with van der Waals surface area (Å²) >= 11 is 1.57. The Kier molecular flexibility index (Phi) is 6.76. The number of aromatic nitrogens is 1. The molecule has 28 heavy (non-hydrogen) atoms. The summed E-state index contributed by atoms with van der Waals surface area (Å²) in [6.45, 7) is 2.12. The highest BCUT2D eigenvalue weighted by Gasteiger charge is 2.11. The number of carbonyl (C=O) groups excluding carboxylic acids is 1. The number of H-pyrrole nitrogens is 1. The quantitative estimate of drug-likeness (QED) is 0.461. The van der Waals surface area contributed by atoms with Crippen molar-refractivity contribution in [1.29, 1.82) is 0 Å². The van der Waals surface area contributed by atoms with Gasteiger partial charge < -0.3 is 15.4 Å². The lowest BCUT2D eigenvalue weighted by Gasteiger charge is -2.08. The van der Waals surface area contributed by atoms with Crippen LogP contribution in [0.3, 0.4) is 0 Å². The zero-order valence-corrected chi connectivity index (χ0v) is 16.6. The summed E-state index contributed by atoms with van der Waals surface area (Å²) in [6, 6.07) is 13.9. The number of aromatic amines is 1. The number of amides is 1. The predicted octanol–water partition coefficient (Wildman–Crippen LogP) is 4.62. The smallest absolute Gasteiger partial charge is 0.304 e. The minimum atomic E-state index is -0.781.